The van der Waals surface area contributed by atoms with Gasteiger partial charge in [-0.15, -0.1) is 0 Å². The average molecular weight is 526 g/mol. The predicted octanol–water partition coefficient (Wildman–Crippen LogP) is 6.21. The van der Waals surface area contributed by atoms with Gasteiger partial charge in [-0.25, -0.2) is 18.2 Å². The monoisotopic (exact) mass is 525 g/mol. The first kappa shape index (κ1) is 23.5. The molecular formula is C29H22F3N7. The molecule has 0 atom stereocenters. The third-order valence-corrected chi connectivity index (χ3v) is 7.05. The Hall–Kier alpha value is -4.57. The highest BCUT2D eigenvalue weighted by Crippen LogP contribution is 2.34. The smallest absolute Gasteiger partial charge is 0.261 e. The molecule has 0 amide bonds. The van der Waals surface area contributed by atoms with Gasteiger partial charge < -0.3 is 4.98 Å². The minimum absolute atomic E-state index is 0.116. The number of rotatable bonds is 5. The van der Waals surface area contributed by atoms with E-state index in [1.54, 1.807) is 29.6 Å². The van der Waals surface area contributed by atoms with Gasteiger partial charge in [0.05, 0.1) is 29.1 Å². The molecule has 6 aromatic rings. The maximum atomic E-state index is 13.9. The number of hydrogen-bond acceptors (Lipinski definition) is 5. The molecule has 0 radical (unpaired) electrons. The molecule has 7 nitrogen and oxygen atoms in total. The van der Waals surface area contributed by atoms with Gasteiger partial charge in [-0.1, -0.05) is 12.1 Å². The molecule has 10 heteroatoms. The summed E-state index contributed by atoms with van der Waals surface area (Å²) in [6.07, 6.45) is 4.99. The van der Waals surface area contributed by atoms with E-state index >= 15 is 0 Å². The molecule has 7 rings (SSSR count). The van der Waals surface area contributed by atoms with Crippen molar-refractivity contribution in [3.63, 3.8) is 0 Å². The molecule has 1 aliphatic rings. The second kappa shape index (κ2) is 9.02. The molecule has 1 fully saturated rings. The summed E-state index contributed by atoms with van der Waals surface area (Å²) >= 11 is 0. The van der Waals surface area contributed by atoms with E-state index < -0.39 is 5.92 Å². The fourth-order valence-electron chi connectivity index (χ4n) is 5.21. The van der Waals surface area contributed by atoms with Crippen molar-refractivity contribution in [2.45, 2.75) is 18.9 Å². The minimum Gasteiger partial charge on any atom is -0.353 e. The average Bonchev–Trinajstić information content (AvgIpc) is 3.64. The molecule has 5 aromatic heterocycles. The molecule has 0 bridgehead atoms. The number of fused-ring (bicyclic) bond motifs is 2. The van der Waals surface area contributed by atoms with Crippen LogP contribution in [-0.2, 0) is 6.54 Å². The lowest BCUT2D eigenvalue weighted by Crippen LogP contribution is -2.24. The maximum Gasteiger partial charge on any atom is 0.261 e. The molecule has 0 saturated carbocycles. The number of H-pyrrole nitrogens is 2. The number of nitrogens with zero attached hydrogens (tertiary/aromatic N) is 5. The number of aromatic amines is 2. The number of hydrogen-bond donors (Lipinski definition) is 2. The summed E-state index contributed by atoms with van der Waals surface area (Å²) in [4.78, 5) is 18.9. The Labute approximate surface area is 220 Å². The summed E-state index contributed by atoms with van der Waals surface area (Å²) < 4.78 is 41.2. The standard InChI is InChI=1S/C29H22F3N7/c30-20-3-1-2-18(11-20)26-21-12-25(35-23(21)6-8-34-26)28-27-24(37-38-28)5-4-22(36-27)19-10-17(13-33-14-19)15-39-9-7-29(31,32)16-39/h1-6,8,10-14,35H,7,9,15-16H2,(H,37,38). The van der Waals surface area contributed by atoms with Crippen LogP contribution in [0.1, 0.15) is 12.0 Å². The molecule has 194 valence electrons. The SMILES string of the molecule is Fc1cccc(-c2nccc3[nH]c(-c4n[nH]c5ccc(-c6cncc(CN7CCC(F)(F)C7)c6)nc45)cc23)c1. The first-order chi connectivity index (χ1) is 18.9. The zero-order valence-corrected chi connectivity index (χ0v) is 20.6. The highest BCUT2D eigenvalue weighted by molar-refractivity contribution is 5.99. The molecule has 0 spiro atoms. The van der Waals surface area contributed by atoms with Crippen molar-refractivity contribution in [1.82, 2.24) is 35.0 Å². The lowest BCUT2D eigenvalue weighted by Gasteiger charge is -2.15. The summed E-state index contributed by atoms with van der Waals surface area (Å²) in [6, 6.07) is 15.9. The Bertz CT molecular complexity index is 1840. The van der Waals surface area contributed by atoms with Gasteiger partial charge in [0.1, 0.15) is 17.0 Å². The third-order valence-electron chi connectivity index (χ3n) is 7.05. The highest BCUT2D eigenvalue weighted by Gasteiger charge is 2.37. The van der Waals surface area contributed by atoms with Crippen molar-refractivity contribution >= 4 is 21.9 Å². The van der Waals surface area contributed by atoms with Gasteiger partial charge >= 0.3 is 0 Å². The van der Waals surface area contributed by atoms with Gasteiger partial charge in [0.2, 0.25) is 0 Å². The van der Waals surface area contributed by atoms with Crippen molar-refractivity contribution in [3.8, 4) is 33.9 Å². The van der Waals surface area contributed by atoms with Crippen LogP contribution in [0.5, 0.6) is 0 Å². The van der Waals surface area contributed by atoms with E-state index in [0.29, 0.717) is 41.3 Å². The lowest BCUT2D eigenvalue weighted by atomic mass is 10.1. The number of halogens is 3. The zero-order valence-electron chi connectivity index (χ0n) is 20.6. The van der Waals surface area contributed by atoms with Crippen LogP contribution in [0.25, 0.3) is 55.8 Å². The zero-order chi connectivity index (χ0) is 26.6. The summed E-state index contributed by atoms with van der Waals surface area (Å²) in [5, 5.41) is 8.40. The van der Waals surface area contributed by atoms with Gasteiger partial charge in [0, 0.05) is 60.1 Å². The van der Waals surface area contributed by atoms with E-state index in [4.69, 9.17) is 4.98 Å². The van der Waals surface area contributed by atoms with E-state index in [9.17, 15) is 13.2 Å². The molecule has 1 aromatic carbocycles. The van der Waals surface area contributed by atoms with Crippen LogP contribution < -0.4 is 0 Å². The molecule has 0 aliphatic carbocycles. The molecule has 1 saturated heterocycles. The van der Waals surface area contributed by atoms with E-state index in [1.807, 2.05) is 36.4 Å². The number of alkyl halides is 2. The van der Waals surface area contributed by atoms with Gasteiger partial charge in [-0.3, -0.25) is 20.0 Å². The fraction of sp³-hybridized carbons (Fsp3) is 0.172. The molecule has 39 heavy (non-hydrogen) atoms. The van der Waals surface area contributed by atoms with Crippen LogP contribution in [0, 0.1) is 5.82 Å². The van der Waals surface area contributed by atoms with Crippen molar-refractivity contribution in [2.24, 2.45) is 0 Å². The lowest BCUT2D eigenvalue weighted by molar-refractivity contribution is 0.0115. The van der Waals surface area contributed by atoms with E-state index in [-0.39, 0.29) is 18.8 Å². The molecule has 2 N–H and O–H groups in total. The van der Waals surface area contributed by atoms with Crippen LogP contribution in [0.15, 0.2) is 73.2 Å². The van der Waals surface area contributed by atoms with Gasteiger partial charge in [0.15, 0.2) is 0 Å². The van der Waals surface area contributed by atoms with Gasteiger partial charge in [-0.2, -0.15) is 5.10 Å². The minimum atomic E-state index is -2.63. The Morgan fingerprint density at radius 3 is 2.72 bits per heavy atom. The van der Waals surface area contributed by atoms with Gasteiger partial charge in [0.25, 0.3) is 5.92 Å². The number of pyridine rings is 3. The second-order valence-corrected chi connectivity index (χ2v) is 9.88. The van der Waals surface area contributed by atoms with Crippen molar-refractivity contribution < 1.29 is 13.2 Å². The summed E-state index contributed by atoms with van der Waals surface area (Å²) in [6.45, 7) is 0.536. The van der Waals surface area contributed by atoms with E-state index in [2.05, 4.69) is 25.1 Å². The molecule has 0 unspecified atom stereocenters. The second-order valence-electron chi connectivity index (χ2n) is 9.88. The fourth-order valence-corrected chi connectivity index (χ4v) is 5.21. The largest absolute Gasteiger partial charge is 0.353 e. The Kier molecular flexibility index (Phi) is 5.44. The van der Waals surface area contributed by atoms with Crippen molar-refractivity contribution in [1.29, 1.82) is 0 Å². The van der Waals surface area contributed by atoms with E-state index in [0.717, 1.165) is 33.2 Å². The Morgan fingerprint density at radius 2 is 1.87 bits per heavy atom. The van der Waals surface area contributed by atoms with Crippen LogP contribution in [0.4, 0.5) is 13.2 Å². The van der Waals surface area contributed by atoms with Crippen molar-refractivity contribution in [3.05, 3.63) is 84.6 Å². The normalized spacial score (nSPS) is 15.5. The van der Waals surface area contributed by atoms with Crippen LogP contribution in [0.2, 0.25) is 0 Å². The predicted molar refractivity (Wildman–Crippen MR) is 142 cm³/mol. The summed E-state index contributed by atoms with van der Waals surface area (Å²) in [5.74, 6) is -2.96. The summed E-state index contributed by atoms with van der Waals surface area (Å²) in [5.41, 5.74) is 7.35. The first-order valence-electron chi connectivity index (χ1n) is 12.6. The van der Waals surface area contributed by atoms with Crippen molar-refractivity contribution in [2.75, 3.05) is 13.1 Å². The highest BCUT2D eigenvalue weighted by atomic mass is 19.3. The van der Waals surface area contributed by atoms with Crippen LogP contribution in [-0.4, -0.2) is 54.0 Å². The number of benzene rings is 1. The van der Waals surface area contributed by atoms with Gasteiger partial charge in [-0.05, 0) is 48.0 Å². The Morgan fingerprint density at radius 1 is 0.949 bits per heavy atom. The maximum absolute atomic E-state index is 13.9. The quantitative estimate of drug-likeness (QED) is 0.280. The number of nitrogens with one attached hydrogen (secondary N) is 2. The molecule has 1 aliphatic heterocycles. The first-order valence-corrected chi connectivity index (χ1v) is 12.6. The molecule has 6 heterocycles. The number of aromatic nitrogens is 6. The van der Waals surface area contributed by atoms with Crippen LogP contribution >= 0.6 is 0 Å². The van der Waals surface area contributed by atoms with Crippen LogP contribution in [0.3, 0.4) is 0 Å². The van der Waals surface area contributed by atoms with E-state index in [1.165, 1.54) is 12.1 Å². The summed E-state index contributed by atoms with van der Waals surface area (Å²) in [7, 11) is 0. The third kappa shape index (κ3) is 4.42. The topological polar surface area (TPSA) is 86.4 Å². The molecular weight excluding hydrogens is 503 g/mol. The Balaban J connectivity index is 1.25. The number of likely N-dealkylation sites (tertiary alicyclic amines) is 1.